The first-order valence-electron chi connectivity index (χ1n) is 19.1. The first-order chi connectivity index (χ1) is 29.3. The molecule has 60 heavy (non-hydrogen) atoms. The largest absolute Gasteiger partial charge is 0.457 e. The van der Waals surface area contributed by atoms with Crippen molar-refractivity contribution < 1.29 is 18.6 Å². The molecule has 0 fully saturated rings. The predicted octanol–water partition coefficient (Wildman–Crippen LogP) is 15.7. The molecule has 9 aromatic rings. The smallest absolute Gasteiger partial charge is 0.200 e. The average molecular weight is 1040 g/mol. The van der Waals surface area contributed by atoms with Crippen LogP contribution in [0.15, 0.2) is 197 Å². The first kappa shape index (κ1) is 38.7. The maximum atomic E-state index is 12.2. The Morgan fingerprint density at radius 3 is 1.50 bits per heavy atom. The third kappa shape index (κ3) is 6.87. The molecular formula is C51H30Br4O5. The number of rotatable bonds is 0. The van der Waals surface area contributed by atoms with Crippen molar-refractivity contribution >= 4 is 85.7 Å². The molecule has 0 aliphatic carbocycles. The monoisotopic (exact) mass is 1040 g/mol. The van der Waals surface area contributed by atoms with E-state index in [-0.39, 0.29) is 5.43 Å². The number of para-hydroxylation sites is 4. The zero-order valence-corrected chi connectivity index (χ0v) is 37.8. The lowest BCUT2D eigenvalue weighted by Crippen LogP contribution is -2.36. The molecule has 3 aliphatic heterocycles. The third-order valence-corrected chi connectivity index (χ3v) is 12.8. The van der Waals surface area contributed by atoms with Crippen LogP contribution in [0.25, 0.3) is 21.9 Å². The van der Waals surface area contributed by atoms with Crippen LogP contribution in [0.2, 0.25) is 0 Å². The van der Waals surface area contributed by atoms with E-state index >= 15 is 0 Å². The van der Waals surface area contributed by atoms with Crippen molar-refractivity contribution in [2.24, 2.45) is 0 Å². The quantitative estimate of drug-likeness (QED) is 0.142. The Labute approximate surface area is 379 Å². The van der Waals surface area contributed by atoms with Gasteiger partial charge in [0.2, 0.25) is 5.43 Å². The molecule has 0 unspecified atom stereocenters. The van der Waals surface area contributed by atoms with Gasteiger partial charge in [0.05, 0.1) is 16.2 Å². The summed E-state index contributed by atoms with van der Waals surface area (Å²) in [6.45, 7) is 0. The van der Waals surface area contributed by atoms with Crippen LogP contribution in [-0.2, 0) is 11.8 Å². The summed E-state index contributed by atoms with van der Waals surface area (Å²) < 4.78 is 28.2. The van der Waals surface area contributed by atoms with E-state index in [1.165, 1.54) is 11.1 Å². The first-order valence-corrected chi connectivity index (χ1v) is 22.2. The van der Waals surface area contributed by atoms with E-state index in [2.05, 4.69) is 112 Å². The highest BCUT2D eigenvalue weighted by Crippen LogP contribution is 2.61. The number of fused-ring (bicyclic) bond motifs is 12. The minimum atomic E-state index is -0.540. The fraction of sp³-hybridized carbons (Fsp3) is 0.0392. The molecule has 5 nitrogen and oxygen atoms in total. The van der Waals surface area contributed by atoms with Gasteiger partial charge in [-0.15, -0.1) is 0 Å². The molecule has 9 heteroatoms. The molecule has 8 aromatic carbocycles. The maximum absolute atomic E-state index is 12.2. The van der Waals surface area contributed by atoms with Crippen LogP contribution in [0.4, 0.5) is 0 Å². The average Bonchev–Trinajstić information content (AvgIpc) is 3.27. The van der Waals surface area contributed by atoms with E-state index in [1.54, 1.807) is 24.3 Å². The molecule has 12 rings (SSSR count). The maximum Gasteiger partial charge on any atom is 0.200 e. The van der Waals surface area contributed by atoms with Crippen LogP contribution in [0.3, 0.4) is 0 Å². The van der Waals surface area contributed by atoms with E-state index in [9.17, 15) is 4.79 Å². The number of halogens is 4. The molecule has 0 radical (unpaired) electrons. The summed E-state index contributed by atoms with van der Waals surface area (Å²) in [6, 6.07) is 56.0. The zero-order valence-electron chi connectivity index (χ0n) is 31.4. The topological polar surface area (TPSA) is 57.9 Å². The van der Waals surface area contributed by atoms with Gasteiger partial charge in [0.25, 0.3) is 0 Å². The molecule has 0 atom stereocenters. The fourth-order valence-electron chi connectivity index (χ4n) is 8.24. The number of benzene rings is 8. The highest BCUT2D eigenvalue weighted by atomic mass is 79.9. The minimum absolute atomic E-state index is 0.0122. The van der Waals surface area contributed by atoms with Crippen molar-refractivity contribution in [3.8, 4) is 34.5 Å². The third-order valence-electron chi connectivity index (χ3n) is 10.8. The summed E-state index contributed by atoms with van der Waals surface area (Å²) in [7, 11) is 0. The number of hydrogen-bond acceptors (Lipinski definition) is 5. The molecular weight excluding hydrogens is 1010 g/mol. The highest BCUT2D eigenvalue weighted by Gasteiger charge is 2.50. The van der Waals surface area contributed by atoms with E-state index in [0.717, 1.165) is 81.1 Å². The second-order valence-electron chi connectivity index (χ2n) is 14.4. The van der Waals surface area contributed by atoms with Crippen molar-refractivity contribution in [1.82, 2.24) is 0 Å². The molecule has 0 saturated heterocycles. The molecule has 0 N–H and O–H groups in total. The molecule has 1 spiro atoms. The van der Waals surface area contributed by atoms with Crippen LogP contribution in [0.1, 0.15) is 33.4 Å². The van der Waals surface area contributed by atoms with Crippen molar-refractivity contribution in [2.75, 3.05) is 0 Å². The highest BCUT2D eigenvalue weighted by molar-refractivity contribution is 9.11. The summed E-state index contributed by atoms with van der Waals surface area (Å²) in [6.07, 6.45) is 0.949. The second-order valence-corrected chi connectivity index (χ2v) is 18.1. The van der Waals surface area contributed by atoms with Gasteiger partial charge in [0, 0.05) is 52.1 Å². The normalized spacial score (nSPS) is 13.2. The van der Waals surface area contributed by atoms with E-state index < -0.39 is 5.41 Å². The number of ether oxygens (including phenoxy) is 3. The van der Waals surface area contributed by atoms with Gasteiger partial charge in [0.1, 0.15) is 45.7 Å². The minimum Gasteiger partial charge on any atom is -0.457 e. The summed E-state index contributed by atoms with van der Waals surface area (Å²) in [4.78, 5) is 12.2. The fourth-order valence-corrected chi connectivity index (χ4v) is 9.73. The Morgan fingerprint density at radius 2 is 0.833 bits per heavy atom. The van der Waals surface area contributed by atoms with Gasteiger partial charge in [-0.1, -0.05) is 130 Å². The standard InChI is InChI=1S/C25H14Br2O2.C13H7BrO2.C13H9BrO/c26-15-9-11-23-19(13-15)25(17-5-1-3-7-21(17)28-23)18-6-2-4-8-22(18)29-24-12-10-16(27)14-20(24)25;14-8-5-6-12-10(7-8)13(15)9-3-1-2-4-11(9)16-12;14-11-5-6-13-10(8-11)7-9-3-1-2-4-12(9)15-13/h1-14H;1-7H;1-6,8H,7H2. The van der Waals surface area contributed by atoms with Gasteiger partial charge >= 0.3 is 0 Å². The zero-order chi connectivity index (χ0) is 41.0. The van der Waals surface area contributed by atoms with Crippen molar-refractivity contribution in [2.45, 2.75) is 11.8 Å². The van der Waals surface area contributed by atoms with Gasteiger partial charge in [-0.3, -0.25) is 4.79 Å². The molecule has 0 bridgehead atoms. The van der Waals surface area contributed by atoms with Crippen LogP contribution >= 0.6 is 63.7 Å². The van der Waals surface area contributed by atoms with Crippen molar-refractivity contribution in [1.29, 1.82) is 0 Å². The summed E-state index contributed by atoms with van der Waals surface area (Å²) in [5.74, 6) is 5.39. The number of hydrogen-bond donors (Lipinski definition) is 0. The molecule has 0 saturated carbocycles. The molecule has 3 aliphatic rings. The Balaban J connectivity index is 0.000000118. The summed E-state index contributed by atoms with van der Waals surface area (Å²) in [5, 5.41) is 1.22. The van der Waals surface area contributed by atoms with Crippen LogP contribution < -0.4 is 19.6 Å². The SMILES string of the molecule is Brc1ccc2c(c1)C1(c3ccccc3O2)c2ccccc2Oc2ccc(Br)cc21.Brc1ccc2c(c1)Cc1ccccc1O2.O=c1c2ccccc2oc2ccc(Br)cc12. The van der Waals surface area contributed by atoms with Crippen molar-refractivity contribution in [3.63, 3.8) is 0 Å². The van der Waals surface area contributed by atoms with Crippen LogP contribution in [0, 0.1) is 0 Å². The summed E-state index contributed by atoms with van der Waals surface area (Å²) >= 11 is 14.2. The molecule has 0 amide bonds. The van der Waals surface area contributed by atoms with Crippen molar-refractivity contribution in [3.05, 3.63) is 231 Å². The van der Waals surface area contributed by atoms with E-state index in [1.807, 2.05) is 97.1 Å². The predicted molar refractivity (Wildman–Crippen MR) is 251 cm³/mol. The van der Waals surface area contributed by atoms with Gasteiger partial charge in [-0.05, 0) is 109 Å². The lowest BCUT2D eigenvalue weighted by atomic mass is 9.62. The lowest BCUT2D eigenvalue weighted by molar-refractivity contribution is 0.399. The molecule has 292 valence electrons. The van der Waals surface area contributed by atoms with Crippen LogP contribution in [-0.4, -0.2) is 0 Å². The Hall–Kier alpha value is -5.45. The lowest BCUT2D eigenvalue weighted by Gasteiger charge is -2.44. The van der Waals surface area contributed by atoms with E-state index in [0.29, 0.717) is 21.9 Å². The Bertz CT molecular complexity index is 3110. The Kier molecular flexibility index (Phi) is 10.2. The Morgan fingerprint density at radius 1 is 0.383 bits per heavy atom. The van der Waals surface area contributed by atoms with Gasteiger partial charge in [-0.25, -0.2) is 0 Å². The summed E-state index contributed by atoms with van der Waals surface area (Å²) in [5.41, 5.74) is 7.63. The van der Waals surface area contributed by atoms with Gasteiger partial charge < -0.3 is 18.6 Å². The van der Waals surface area contributed by atoms with Gasteiger partial charge in [0.15, 0.2) is 0 Å². The second kappa shape index (κ2) is 15.9. The molecule has 1 aromatic heterocycles. The van der Waals surface area contributed by atoms with Crippen LogP contribution in [0.5, 0.6) is 34.5 Å². The molecule has 4 heterocycles. The van der Waals surface area contributed by atoms with E-state index in [4.69, 9.17) is 18.6 Å². The van der Waals surface area contributed by atoms with Gasteiger partial charge in [-0.2, -0.15) is 0 Å².